The SMILES string of the molecule is CC1CC(NCc2ccc(Cl)cc2F)CCO1. The smallest absolute Gasteiger partial charge is 0.129 e. The largest absolute Gasteiger partial charge is 0.378 e. The predicted molar refractivity (Wildman–Crippen MR) is 66.7 cm³/mol. The molecule has 0 bridgehead atoms. The van der Waals surface area contributed by atoms with Gasteiger partial charge in [0.2, 0.25) is 0 Å². The summed E-state index contributed by atoms with van der Waals surface area (Å²) in [6.07, 6.45) is 2.26. The predicted octanol–water partition coefficient (Wildman–Crippen LogP) is 3.14. The van der Waals surface area contributed by atoms with Crippen molar-refractivity contribution in [1.82, 2.24) is 5.32 Å². The molecule has 17 heavy (non-hydrogen) atoms. The molecule has 2 nitrogen and oxygen atoms in total. The van der Waals surface area contributed by atoms with Crippen LogP contribution in [0.2, 0.25) is 5.02 Å². The minimum Gasteiger partial charge on any atom is -0.378 e. The van der Waals surface area contributed by atoms with E-state index in [9.17, 15) is 4.39 Å². The Morgan fingerprint density at radius 1 is 1.53 bits per heavy atom. The summed E-state index contributed by atoms with van der Waals surface area (Å²) in [4.78, 5) is 0. The molecule has 2 atom stereocenters. The molecule has 1 aliphatic rings. The van der Waals surface area contributed by atoms with Crippen LogP contribution in [0, 0.1) is 5.82 Å². The molecule has 4 heteroatoms. The Balaban J connectivity index is 1.88. The quantitative estimate of drug-likeness (QED) is 0.898. The van der Waals surface area contributed by atoms with Gasteiger partial charge in [0.05, 0.1) is 6.10 Å². The van der Waals surface area contributed by atoms with E-state index in [-0.39, 0.29) is 11.9 Å². The van der Waals surface area contributed by atoms with Crippen LogP contribution < -0.4 is 5.32 Å². The average Bonchev–Trinajstić information content (AvgIpc) is 2.28. The van der Waals surface area contributed by atoms with Crippen molar-refractivity contribution in [2.45, 2.75) is 38.5 Å². The third-order valence-corrected chi connectivity index (χ3v) is 3.32. The van der Waals surface area contributed by atoms with Gasteiger partial charge in [-0.1, -0.05) is 17.7 Å². The topological polar surface area (TPSA) is 21.3 Å². The van der Waals surface area contributed by atoms with E-state index >= 15 is 0 Å². The van der Waals surface area contributed by atoms with Crippen molar-refractivity contribution >= 4 is 11.6 Å². The number of ether oxygens (including phenoxy) is 1. The fourth-order valence-electron chi connectivity index (χ4n) is 2.10. The number of benzene rings is 1. The van der Waals surface area contributed by atoms with E-state index in [0.717, 1.165) is 19.4 Å². The molecule has 1 fully saturated rings. The van der Waals surface area contributed by atoms with Crippen LogP contribution >= 0.6 is 11.6 Å². The first-order chi connectivity index (χ1) is 8.15. The second kappa shape index (κ2) is 5.80. The zero-order chi connectivity index (χ0) is 12.3. The summed E-state index contributed by atoms with van der Waals surface area (Å²) in [5.41, 5.74) is 0.661. The maximum atomic E-state index is 13.5. The number of halogens is 2. The van der Waals surface area contributed by atoms with Gasteiger partial charge in [0, 0.05) is 29.8 Å². The molecule has 0 radical (unpaired) electrons. The van der Waals surface area contributed by atoms with Crippen LogP contribution in [0.15, 0.2) is 18.2 Å². The molecular weight excluding hydrogens is 241 g/mol. The lowest BCUT2D eigenvalue weighted by Crippen LogP contribution is -2.37. The fourth-order valence-corrected chi connectivity index (χ4v) is 2.26. The van der Waals surface area contributed by atoms with E-state index in [0.29, 0.717) is 23.2 Å². The van der Waals surface area contributed by atoms with E-state index in [1.165, 1.54) is 6.07 Å². The molecule has 0 aromatic heterocycles. The summed E-state index contributed by atoms with van der Waals surface area (Å²) in [7, 11) is 0. The second-order valence-corrected chi connectivity index (χ2v) is 4.96. The van der Waals surface area contributed by atoms with Gasteiger partial charge in [0.15, 0.2) is 0 Å². The molecule has 1 heterocycles. The zero-order valence-electron chi connectivity index (χ0n) is 9.88. The number of rotatable bonds is 3. The highest BCUT2D eigenvalue weighted by molar-refractivity contribution is 6.30. The van der Waals surface area contributed by atoms with Gasteiger partial charge in [-0.3, -0.25) is 0 Å². The minimum atomic E-state index is -0.245. The van der Waals surface area contributed by atoms with Crippen LogP contribution in [0.5, 0.6) is 0 Å². The van der Waals surface area contributed by atoms with Crippen molar-refractivity contribution < 1.29 is 9.13 Å². The summed E-state index contributed by atoms with van der Waals surface area (Å²) in [5, 5.41) is 3.80. The Hall–Kier alpha value is -0.640. The molecule has 2 unspecified atom stereocenters. The third-order valence-electron chi connectivity index (χ3n) is 3.08. The highest BCUT2D eigenvalue weighted by Gasteiger charge is 2.18. The van der Waals surface area contributed by atoms with Gasteiger partial charge < -0.3 is 10.1 Å². The molecule has 1 aromatic rings. The standard InChI is InChI=1S/C13H17ClFNO/c1-9-6-12(4-5-17-9)16-8-10-2-3-11(14)7-13(10)15/h2-3,7,9,12,16H,4-6,8H2,1H3. The lowest BCUT2D eigenvalue weighted by Gasteiger charge is -2.28. The summed E-state index contributed by atoms with van der Waals surface area (Å²) >= 11 is 5.71. The van der Waals surface area contributed by atoms with E-state index in [2.05, 4.69) is 12.2 Å². The van der Waals surface area contributed by atoms with Crippen molar-refractivity contribution in [3.8, 4) is 0 Å². The first-order valence-electron chi connectivity index (χ1n) is 5.94. The van der Waals surface area contributed by atoms with Crippen molar-refractivity contribution in [3.05, 3.63) is 34.6 Å². The molecule has 0 amide bonds. The van der Waals surface area contributed by atoms with E-state index in [1.54, 1.807) is 12.1 Å². The zero-order valence-corrected chi connectivity index (χ0v) is 10.6. The van der Waals surface area contributed by atoms with Crippen LogP contribution in [0.1, 0.15) is 25.3 Å². The lowest BCUT2D eigenvalue weighted by atomic mass is 10.0. The van der Waals surface area contributed by atoms with Gasteiger partial charge in [-0.15, -0.1) is 0 Å². The molecule has 2 rings (SSSR count). The van der Waals surface area contributed by atoms with Crippen LogP contribution in [-0.2, 0) is 11.3 Å². The molecule has 94 valence electrons. The van der Waals surface area contributed by atoms with Gasteiger partial charge in [0.25, 0.3) is 0 Å². The van der Waals surface area contributed by atoms with Crippen molar-refractivity contribution in [3.63, 3.8) is 0 Å². The summed E-state index contributed by atoms with van der Waals surface area (Å²) in [6, 6.07) is 5.21. The first kappa shape index (κ1) is 12.8. The van der Waals surface area contributed by atoms with Crippen molar-refractivity contribution in [2.75, 3.05) is 6.61 Å². The molecule has 1 N–H and O–H groups in total. The second-order valence-electron chi connectivity index (χ2n) is 4.52. The summed E-state index contributed by atoms with van der Waals surface area (Å²) in [5.74, 6) is -0.245. The number of hydrogen-bond donors (Lipinski definition) is 1. The molecular formula is C13H17ClFNO. The summed E-state index contributed by atoms with van der Waals surface area (Å²) in [6.45, 7) is 3.39. The van der Waals surface area contributed by atoms with Gasteiger partial charge in [-0.25, -0.2) is 4.39 Å². The van der Waals surface area contributed by atoms with E-state index in [4.69, 9.17) is 16.3 Å². The Labute approximate surface area is 106 Å². The van der Waals surface area contributed by atoms with Gasteiger partial charge in [0.1, 0.15) is 5.82 Å². The molecule has 0 saturated carbocycles. The Morgan fingerprint density at radius 2 is 2.35 bits per heavy atom. The third kappa shape index (κ3) is 3.66. The maximum Gasteiger partial charge on any atom is 0.129 e. The Kier molecular flexibility index (Phi) is 4.37. The molecule has 1 aliphatic heterocycles. The number of nitrogens with one attached hydrogen (secondary N) is 1. The minimum absolute atomic E-state index is 0.245. The Morgan fingerprint density at radius 3 is 3.06 bits per heavy atom. The van der Waals surface area contributed by atoms with Crippen molar-refractivity contribution in [1.29, 1.82) is 0 Å². The van der Waals surface area contributed by atoms with Crippen LogP contribution in [0.4, 0.5) is 4.39 Å². The summed E-state index contributed by atoms with van der Waals surface area (Å²) < 4.78 is 19.0. The average molecular weight is 258 g/mol. The van der Waals surface area contributed by atoms with Crippen LogP contribution in [-0.4, -0.2) is 18.8 Å². The van der Waals surface area contributed by atoms with Crippen LogP contribution in [0.25, 0.3) is 0 Å². The lowest BCUT2D eigenvalue weighted by molar-refractivity contribution is 0.0130. The van der Waals surface area contributed by atoms with Crippen molar-refractivity contribution in [2.24, 2.45) is 0 Å². The van der Waals surface area contributed by atoms with Gasteiger partial charge in [-0.2, -0.15) is 0 Å². The molecule has 0 aliphatic carbocycles. The Bertz CT molecular complexity index is 386. The van der Waals surface area contributed by atoms with Gasteiger partial charge in [-0.05, 0) is 31.9 Å². The van der Waals surface area contributed by atoms with Crippen LogP contribution in [0.3, 0.4) is 0 Å². The molecule has 1 saturated heterocycles. The number of hydrogen-bond acceptors (Lipinski definition) is 2. The normalized spacial score (nSPS) is 24.9. The first-order valence-corrected chi connectivity index (χ1v) is 6.32. The fraction of sp³-hybridized carbons (Fsp3) is 0.538. The highest BCUT2D eigenvalue weighted by Crippen LogP contribution is 2.17. The maximum absolute atomic E-state index is 13.5. The van der Waals surface area contributed by atoms with E-state index in [1.807, 2.05) is 0 Å². The highest BCUT2D eigenvalue weighted by atomic mass is 35.5. The van der Waals surface area contributed by atoms with Gasteiger partial charge >= 0.3 is 0 Å². The molecule has 1 aromatic carbocycles. The molecule has 0 spiro atoms. The van der Waals surface area contributed by atoms with E-state index < -0.39 is 0 Å². The monoisotopic (exact) mass is 257 g/mol.